The Hall–Kier alpha value is -2.94. The van der Waals surface area contributed by atoms with Crippen LogP contribution in [0.5, 0.6) is 0 Å². The smallest absolute Gasteiger partial charge is 0.352 e. The zero-order valence-corrected chi connectivity index (χ0v) is 17.2. The monoisotopic (exact) mass is 450 g/mol. The lowest BCUT2D eigenvalue weighted by Crippen LogP contribution is -2.53. The van der Waals surface area contributed by atoms with Crippen molar-refractivity contribution in [3.05, 3.63) is 64.7 Å². The summed E-state index contributed by atoms with van der Waals surface area (Å²) in [5, 5.41) is 12.3. The second kappa shape index (κ2) is 8.20. The molecule has 2 bridgehead atoms. The first-order chi connectivity index (χ1) is 15.1. The van der Waals surface area contributed by atoms with Crippen LogP contribution >= 0.6 is 0 Å². The summed E-state index contributed by atoms with van der Waals surface area (Å²) in [5.74, 6) is -8.29. The van der Waals surface area contributed by atoms with Gasteiger partial charge >= 0.3 is 5.92 Å². The van der Waals surface area contributed by atoms with E-state index in [1.165, 1.54) is 19.1 Å². The van der Waals surface area contributed by atoms with Crippen LogP contribution in [-0.4, -0.2) is 40.0 Å². The highest BCUT2D eigenvalue weighted by molar-refractivity contribution is 6.04. The maximum atomic E-state index is 15.2. The van der Waals surface area contributed by atoms with Gasteiger partial charge in [0.1, 0.15) is 11.6 Å². The number of anilines is 1. The molecule has 2 aliphatic heterocycles. The summed E-state index contributed by atoms with van der Waals surface area (Å²) in [6.45, 7) is 1.50. The quantitative estimate of drug-likeness (QED) is 0.689. The molecule has 2 aromatic rings. The zero-order chi connectivity index (χ0) is 23.2. The van der Waals surface area contributed by atoms with E-state index < -0.39 is 53.1 Å². The normalized spacial score (nSPS) is 22.7. The molecular formula is C23H22F4N2O3. The summed E-state index contributed by atoms with van der Waals surface area (Å²) in [5.41, 5.74) is -0.934. The lowest BCUT2D eigenvalue weighted by molar-refractivity contribution is -0.166. The molecule has 4 rings (SSSR count). The van der Waals surface area contributed by atoms with Crippen molar-refractivity contribution in [3.8, 4) is 0 Å². The number of alkyl halides is 2. The van der Waals surface area contributed by atoms with Crippen molar-refractivity contribution in [2.75, 3.05) is 5.32 Å². The van der Waals surface area contributed by atoms with Crippen molar-refractivity contribution in [1.82, 2.24) is 4.90 Å². The number of rotatable bonds is 4. The summed E-state index contributed by atoms with van der Waals surface area (Å²) >= 11 is 0. The van der Waals surface area contributed by atoms with Gasteiger partial charge in [-0.25, -0.2) is 8.78 Å². The number of nitrogens with one attached hydrogen (secondary N) is 1. The van der Waals surface area contributed by atoms with Gasteiger partial charge in [-0.05, 0) is 74.6 Å². The van der Waals surface area contributed by atoms with Crippen molar-refractivity contribution in [3.63, 3.8) is 0 Å². The number of fused-ring (bicyclic) bond motifs is 2. The molecule has 0 radical (unpaired) electrons. The number of amides is 2. The third-order valence-corrected chi connectivity index (χ3v) is 6.19. The summed E-state index contributed by atoms with van der Waals surface area (Å²) in [6, 6.07) is 5.22. The number of piperidine rings is 1. The van der Waals surface area contributed by atoms with Crippen LogP contribution in [0, 0.1) is 18.6 Å². The Morgan fingerprint density at radius 2 is 1.66 bits per heavy atom. The predicted molar refractivity (Wildman–Crippen MR) is 108 cm³/mol. The van der Waals surface area contributed by atoms with Crippen LogP contribution in [0.3, 0.4) is 0 Å². The van der Waals surface area contributed by atoms with E-state index in [0.29, 0.717) is 18.9 Å². The summed E-state index contributed by atoms with van der Waals surface area (Å²) in [7, 11) is 0. The van der Waals surface area contributed by atoms with E-state index in [2.05, 4.69) is 5.32 Å². The number of hydrogen-bond acceptors (Lipinski definition) is 3. The van der Waals surface area contributed by atoms with Crippen LogP contribution in [-0.2, 0) is 10.7 Å². The van der Waals surface area contributed by atoms with Gasteiger partial charge in [-0.3, -0.25) is 9.59 Å². The fraction of sp³-hybridized carbons (Fsp3) is 0.391. The summed E-state index contributed by atoms with van der Waals surface area (Å²) in [4.78, 5) is 26.4. The standard InChI is InChI=1S/C23H22F4N2O3/c1-12-8-14(3-7-19(12)24)28-21(31)13-2-6-20(25)18(9-13)23(26,27)22(32)29-15-4-5-16(29)11-17(30)10-15/h2-3,6-9,15-17,30H,4-5,10-11H2,1H3,(H,28,31). The lowest BCUT2D eigenvalue weighted by Gasteiger charge is -2.39. The fourth-order valence-corrected chi connectivity index (χ4v) is 4.59. The van der Waals surface area contributed by atoms with Gasteiger partial charge in [0, 0.05) is 23.3 Å². The fourth-order valence-electron chi connectivity index (χ4n) is 4.59. The average Bonchev–Trinajstić information content (AvgIpc) is 3.00. The summed E-state index contributed by atoms with van der Waals surface area (Å²) in [6.07, 6.45) is 0.779. The first-order valence-corrected chi connectivity index (χ1v) is 10.3. The third kappa shape index (κ3) is 3.97. The molecule has 2 atom stereocenters. The Balaban J connectivity index is 1.59. The van der Waals surface area contributed by atoms with Gasteiger partial charge < -0.3 is 15.3 Å². The van der Waals surface area contributed by atoms with Gasteiger partial charge in [0.05, 0.1) is 11.7 Å². The zero-order valence-electron chi connectivity index (χ0n) is 17.2. The number of carbonyl (C=O) groups excluding carboxylic acids is 2. The van der Waals surface area contributed by atoms with Gasteiger partial charge in [-0.15, -0.1) is 0 Å². The van der Waals surface area contributed by atoms with Crippen molar-refractivity contribution < 1.29 is 32.3 Å². The van der Waals surface area contributed by atoms with Crippen LogP contribution in [0.2, 0.25) is 0 Å². The minimum atomic E-state index is -4.18. The molecule has 32 heavy (non-hydrogen) atoms. The topological polar surface area (TPSA) is 69.6 Å². The number of halogens is 4. The second-order valence-corrected chi connectivity index (χ2v) is 8.41. The Bertz CT molecular complexity index is 1060. The van der Waals surface area contributed by atoms with Crippen molar-refractivity contribution in [2.24, 2.45) is 0 Å². The maximum absolute atomic E-state index is 15.2. The summed E-state index contributed by atoms with van der Waals surface area (Å²) < 4.78 is 58.1. The molecule has 5 nitrogen and oxygen atoms in total. The molecule has 2 unspecified atom stereocenters. The molecule has 2 fully saturated rings. The lowest BCUT2D eigenvalue weighted by atomic mass is 9.96. The molecule has 2 saturated heterocycles. The maximum Gasteiger partial charge on any atom is 0.352 e. The van der Waals surface area contributed by atoms with E-state index in [1.807, 2.05) is 0 Å². The number of benzene rings is 2. The first kappa shape index (κ1) is 22.3. The SMILES string of the molecule is Cc1cc(NC(=O)c2ccc(F)c(C(F)(F)C(=O)N3C4CCC3CC(O)C4)c2)ccc1F. The molecule has 0 saturated carbocycles. The number of aryl methyl sites for hydroxylation is 1. The molecule has 2 N–H and O–H groups in total. The van der Waals surface area contributed by atoms with E-state index in [0.717, 1.165) is 23.1 Å². The van der Waals surface area contributed by atoms with E-state index in [9.17, 15) is 23.5 Å². The van der Waals surface area contributed by atoms with Crippen molar-refractivity contribution >= 4 is 17.5 Å². The number of aliphatic hydroxyl groups excluding tert-OH is 1. The van der Waals surface area contributed by atoms with Crippen LogP contribution in [0.1, 0.15) is 47.2 Å². The van der Waals surface area contributed by atoms with Crippen molar-refractivity contribution in [2.45, 2.75) is 56.7 Å². The highest BCUT2D eigenvalue weighted by Gasteiger charge is 2.53. The predicted octanol–water partition coefficient (Wildman–Crippen LogP) is 4.13. The Kier molecular flexibility index (Phi) is 5.70. The van der Waals surface area contributed by atoms with Crippen LogP contribution in [0.25, 0.3) is 0 Å². The van der Waals surface area contributed by atoms with Gasteiger partial charge in [0.2, 0.25) is 0 Å². The second-order valence-electron chi connectivity index (χ2n) is 8.41. The van der Waals surface area contributed by atoms with Crippen LogP contribution < -0.4 is 5.32 Å². The highest BCUT2D eigenvalue weighted by Crippen LogP contribution is 2.41. The molecule has 2 aliphatic rings. The Morgan fingerprint density at radius 1 is 1.03 bits per heavy atom. The molecule has 2 aromatic carbocycles. The van der Waals surface area contributed by atoms with Crippen LogP contribution in [0.4, 0.5) is 23.2 Å². The number of aliphatic hydroxyl groups is 1. The average molecular weight is 450 g/mol. The molecule has 0 aromatic heterocycles. The molecule has 2 heterocycles. The Labute approximate surface area is 182 Å². The van der Waals surface area contributed by atoms with E-state index in [1.54, 1.807) is 0 Å². The van der Waals surface area contributed by atoms with Gasteiger partial charge in [0.15, 0.2) is 0 Å². The molecular weight excluding hydrogens is 428 g/mol. The number of hydrogen-bond donors (Lipinski definition) is 2. The number of carbonyl (C=O) groups is 2. The minimum absolute atomic E-state index is 0.209. The van der Waals surface area contributed by atoms with Crippen molar-refractivity contribution in [1.29, 1.82) is 0 Å². The van der Waals surface area contributed by atoms with Gasteiger partial charge in [-0.2, -0.15) is 8.78 Å². The van der Waals surface area contributed by atoms with Crippen LogP contribution in [0.15, 0.2) is 36.4 Å². The molecule has 9 heteroatoms. The van der Waals surface area contributed by atoms with E-state index in [4.69, 9.17) is 0 Å². The molecule has 0 aliphatic carbocycles. The first-order valence-electron chi connectivity index (χ1n) is 10.3. The molecule has 170 valence electrons. The third-order valence-electron chi connectivity index (χ3n) is 6.19. The molecule has 0 spiro atoms. The molecule has 2 amide bonds. The van der Waals surface area contributed by atoms with E-state index in [-0.39, 0.29) is 29.7 Å². The largest absolute Gasteiger partial charge is 0.393 e. The Morgan fingerprint density at radius 3 is 2.28 bits per heavy atom. The van der Waals surface area contributed by atoms with Gasteiger partial charge in [0.25, 0.3) is 11.8 Å². The van der Waals surface area contributed by atoms with E-state index >= 15 is 8.78 Å². The number of nitrogens with zero attached hydrogens (tertiary/aromatic N) is 1. The minimum Gasteiger partial charge on any atom is -0.393 e. The van der Waals surface area contributed by atoms with Gasteiger partial charge in [-0.1, -0.05) is 0 Å². The highest BCUT2D eigenvalue weighted by atomic mass is 19.3.